The van der Waals surface area contributed by atoms with Crippen LogP contribution in [0.1, 0.15) is 64.3 Å². The third-order valence-electron chi connectivity index (χ3n) is 0.813. The SMILES string of the molecule is C.C.C.C.C.CC(C)C[C@@H](C)O. The van der Waals surface area contributed by atoms with Crippen LogP contribution in [-0.4, -0.2) is 11.2 Å². The van der Waals surface area contributed by atoms with Crippen molar-refractivity contribution in [1.82, 2.24) is 0 Å². The smallest absolute Gasteiger partial charge is 0.0514 e. The molecule has 0 aromatic carbocycles. The monoisotopic (exact) mass is 182 g/mol. The van der Waals surface area contributed by atoms with E-state index in [1.54, 1.807) is 0 Å². The maximum absolute atomic E-state index is 8.72. The summed E-state index contributed by atoms with van der Waals surface area (Å²) < 4.78 is 0. The van der Waals surface area contributed by atoms with Gasteiger partial charge in [0, 0.05) is 0 Å². The summed E-state index contributed by atoms with van der Waals surface area (Å²) in [6.45, 7) is 6.03. The average molecular weight is 182 g/mol. The molecule has 1 heteroatoms. The summed E-state index contributed by atoms with van der Waals surface area (Å²) in [5.74, 6) is 0.625. The van der Waals surface area contributed by atoms with E-state index in [1.165, 1.54) is 0 Å². The minimum atomic E-state index is -0.125. The molecule has 0 aliphatic rings. The molecule has 1 nitrogen and oxygen atoms in total. The van der Waals surface area contributed by atoms with Crippen molar-refractivity contribution >= 4 is 0 Å². The van der Waals surface area contributed by atoms with Crippen molar-refractivity contribution in [1.29, 1.82) is 0 Å². The van der Waals surface area contributed by atoms with E-state index in [9.17, 15) is 0 Å². The number of rotatable bonds is 2. The minimum absolute atomic E-state index is 0. The molecule has 0 spiro atoms. The van der Waals surface area contributed by atoms with Crippen LogP contribution >= 0.6 is 0 Å². The molecular weight excluding hydrogens is 148 g/mol. The van der Waals surface area contributed by atoms with Crippen LogP contribution in [0.5, 0.6) is 0 Å². The minimum Gasteiger partial charge on any atom is -0.393 e. The largest absolute Gasteiger partial charge is 0.393 e. The van der Waals surface area contributed by atoms with E-state index in [2.05, 4.69) is 13.8 Å². The van der Waals surface area contributed by atoms with Crippen molar-refractivity contribution in [3.8, 4) is 0 Å². The van der Waals surface area contributed by atoms with E-state index in [4.69, 9.17) is 5.11 Å². The fourth-order valence-electron chi connectivity index (χ4n) is 0.682. The van der Waals surface area contributed by atoms with Crippen molar-refractivity contribution in [2.45, 2.75) is 70.4 Å². The topological polar surface area (TPSA) is 20.2 Å². The Morgan fingerprint density at radius 3 is 1.08 bits per heavy atom. The van der Waals surface area contributed by atoms with Gasteiger partial charge in [0.25, 0.3) is 0 Å². The molecule has 84 valence electrons. The first-order valence-electron chi connectivity index (χ1n) is 2.81. The molecule has 0 aliphatic carbocycles. The summed E-state index contributed by atoms with van der Waals surface area (Å²) in [6.07, 6.45) is 0.792. The van der Waals surface area contributed by atoms with E-state index in [0.29, 0.717) is 5.92 Å². The van der Waals surface area contributed by atoms with Gasteiger partial charge < -0.3 is 5.11 Å². The third kappa shape index (κ3) is 51.0. The van der Waals surface area contributed by atoms with E-state index in [-0.39, 0.29) is 43.2 Å². The highest BCUT2D eigenvalue weighted by Gasteiger charge is 1.97. The summed E-state index contributed by atoms with van der Waals surface area (Å²) in [5, 5.41) is 8.72. The predicted octanol–water partition coefficient (Wildman–Crippen LogP) is 4.59. The van der Waals surface area contributed by atoms with Crippen LogP contribution in [0.4, 0.5) is 0 Å². The van der Waals surface area contributed by atoms with Crippen LogP contribution in [0.3, 0.4) is 0 Å². The normalized spacial score (nSPS) is 8.75. The second kappa shape index (κ2) is 22.4. The number of aliphatic hydroxyl groups excluding tert-OH is 1. The zero-order valence-electron chi connectivity index (χ0n) is 5.31. The van der Waals surface area contributed by atoms with Crippen molar-refractivity contribution in [3.63, 3.8) is 0 Å². The maximum Gasteiger partial charge on any atom is 0.0514 e. The fraction of sp³-hybridized carbons (Fsp3) is 1.00. The van der Waals surface area contributed by atoms with Gasteiger partial charge in [0.15, 0.2) is 0 Å². The van der Waals surface area contributed by atoms with Gasteiger partial charge in [-0.15, -0.1) is 0 Å². The summed E-state index contributed by atoms with van der Waals surface area (Å²) >= 11 is 0. The Morgan fingerprint density at radius 2 is 1.08 bits per heavy atom. The lowest BCUT2D eigenvalue weighted by Crippen LogP contribution is -2.03. The van der Waals surface area contributed by atoms with Gasteiger partial charge in [0.2, 0.25) is 0 Å². The molecule has 0 bridgehead atoms. The summed E-state index contributed by atoms with van der Waals surface area (Å²) in [4.78, 5) is 0. The van der Waals surface area contributed by atoms with Gasteiger partial charge in [-0.1, -0.05) is 51.0 Å². The van der Waals surface area contributed by atoms with Crippen molar-refractivity contribution in [3.05, 3.63) is 0 Å². The molecule has 0 amide bonds. The maximum atomic E-state index is 8.72. The van der Waals surface area contributed by atoms with Gasteiger partial charge in [-0.25, -0.2) is 0 Å². The lowest BCUT2D eigenvalue weighted by Gasteiger charge is -2.04. The second-order valence-electron chi connectivity index (χ2n) is 2.48. The molecule has 0 fully saturated rings. The Morgan fingerprint density at radius 1 is 0.833 bits per heavy atom. The standard InChI is InChI=1S/C6H14O.5CH4/c1-5(2)4-6(3)7;;;;;/h5-7H,4H2,1-3H3;5*1H4/t6-;;;;;/m1...../s1. The Balaban J connectivity index is -0.0000000180. The Hall–Kier alpha value is -0.0400. The molecule has 0 saturated carbocycles. The Bertz CT molecular complexity index is 34.3. The van der Waals surface area contributed by atoms with Gasteiger partial charge in [-0.3, -0.25) is 0 Å². The lowest BCUT2D eigenvalue weighted by atomic mass is 10.1. The molecule has 0 aromatic rings. The number of aliphatic hydroxyl groups is 1. The van der Waals surface area contributed by atoms with Gasteiger partial charge in [-0.2, -0.15) is 0 Å². The molecule has 0 saturated heterocycles. The highest BCUT2D eigenvalue weighted by molar-refractivity contribution is 4.49. The summed E-state index contributed by atoms with van der Waals surface area (Å²) in [5.41, 5.74) is 0. The highest BCUT2D eigenvalue weighted by atomic mass is 16.3. The first-order valence-corrected chi connectivity index (χ1v) is 2.81. The van der Waals surface area contributed by atoms with Gasteiger partial charge in [0.1, 0.15) is 0 Å². The van der Waals surface area contributed by atoms with Crippen LogP contribution in [0.15, 0.2) is 0 Å². The van der Waals surface area contributed by atoms with Gasteiger partial charge in [-0.05, 0) is 19.3 Å². The average Bonchev–Trinajstić information content (AvgIpc) is 1.27. The molecule has 1 N–H and O–H groups in total. The van der Waals surface area contributed by atoms with Crippen LogP contribution in [-0.2, 0) is 0 Å². The van der Waals surface area contributed by atoms with Crippen LogP contribution in [0, 0.1) is 5.92 Å². The Labute approximate surface area is 82.2 Å². The molecule has 0 aromatic heterocycles. The molecule has 0 radical (unpaired) electrons. The molecular formula is C11H34O. The van der Waals surface area contributed by atoms with Crippen molar-refractivity contribution < 1.29 is 5.11 Å². The zero-order valence-corrected chi connectivity index (χ0v) is 5.31. The molecule has 0 heterocycles. The lowest BCUT2D eigenvalue weighted by molar-refractivity contribution is 0.168. The first kappa shape index (κ1) is 40.4. The molecule has 0 aliphatic heterocycles. The predicted molar refractivity (Wildman–Crippen MR) is 64.8 cm³/mol. The van der Waals surface area contributed by atoms with Crippen LogP contribution in [0.2, 0.25) is 0 Å². The number of hydrogen-bond acceptors (Lipinski definition) is 1. The quantitative estimate of drug-likeness (QED) is 0.662. The van der Waals surface area contributed by atoms with Gasteiger partial charge >= 0.3 is 0 Å². The van der Waals surface area contributed by atoms with Gasteiger partial charge in [0.05, 0.1) is 6.10 Å². The first-order chi connectivity index (χ1) is 3.13. The highest BCUT2D eigenvalue weighted by Crippen LogP contribution is 2.01. The van der Waals surface area contributed by atoms with E-state index in [1.807, 2.05) is 6.92 Å². The number of hydrogen-bond donors (Lipinski definition) is 1. The molecule has 0 rings (SSSR count). The van der Waals surface area contributed by atoms with E-state index >= 15 is 0 Å². The van der Waals surface area contributed by atoms with Crippen molar-refractivity contribution in [2.24, 2.45) is 5.92 Å². The molecule has 12 heavy (non-hydrogen) atoms. The summed E-state index contributed by atoms with van der Waals surface area (Å²) in [6, 6.07) is 0. The summed E-state index contributed by atoms with van der Waals surface area (Å²) in [7, 11) is 0. The second-order valence-corrected chi connectivity index (χ2v) is 2.48. The van der Waals surface area contributed by atoms with E-state index < -0.39 is 0 Å². The van der Waals surface area contributed by atoms with Crippen LogP contribution in [0.25, 0.3) is 0 Å². The third-order valence-corrected chi connectivity index (χ3v) is 0.813. The molecule has 1 atom stereocenters. The molecule has 0 unspecified atom stereocenters. The van der Waals surface area contributed by atoms with Crippen molar-refractivity contribution in [2.75, 3.05) is 0 Å². The van der Waals surface area contributed by atoms with Crippen LogP contribution < -0.4 is 0 Å². The fourth-order valence-corrected chi connectivity index (χ4v) is 0.682. The zero-order chi connectivity index (χ0) is 5.86. The van der Waals surface area contributed by atoms with E-state index in [0.717, 1.165) is 6.42 Å². The Kier molecular flexibility index (Phi) is 75.6.